The number of fused-ring (bicyclic) bond motifs is 1. The van der Waals surface area contributed by atoms with E-state index in [0.29, 0.717) is 12.1 Å². The molecule has 0 radical (unpaired) electrons. The molecule has 1 aliphatic rings. The number of anilines is 1. The molecule has 4 rings (SSSR count). The molecule has 0 unspecified atom stereocenters. The van der Waals surface area contributed by atoms with Crippen LogP contribution in [0.15, 0.2) is 48.5 Å². The second-order valence-corrected chi connectivity index (χ2v) is 7.13. The van der Waals surface area contributed by atoms with Crippen LogP contribution in [0.1, 0.15) is 23.1 Å². The summed E-state index contributed by atoms with van der Waals surface area (Å²) in [5, 5.41) is 13.4. The summed E-state index contributed by atoms with van der Waals surface area (Å²) >= 11 is 1.51. The van der Waals surface area contributed by atoms with Gasteiger partial charge in [0.05, 0.1) is 0 Å². The van der Waals surface area contributed by atoms with E-state index in [9.17, 15) is 4.39 Å². The number of aromatic nitrogens is 2. The summed E-state index contributed by atoms with van der Waals surface area (Å²) in [6.45, 7) is 1.43. The van der Waals surface area contributed by atoms with Gasteiger partial charge in [0.1, 0.15) is 10.8 Å². The number of halogens is 1. The third kappa shape index (κ3) is 3.25. The zero-order valence-electron chi connectivity index (χ0n) is 14.2. The van der Waals surface area contributed by atoms with Gasteiger partial charge in [-0.15, -0.1) is 10.2 Å². The molecule has 1 aromatic heterocycles. The Morgan fingerprint density at radius 1 is 1.12 bits per heavy atom. The highest BCUT2D eigenvalue weighted by Crippen LogP contribution is 2.37. The molecule has 0 spiro atoms. The quantitative estimate of drug-likeness (QED) is 0.645. The van der Waals surface area contributed by atoms with E-state index in [0.717, 1.165) is 46.2 Å². The van der Waals surface area contributed by atoms with E-state index in [1.165, 1.54) is 23.0 Å². The average Bonchev–Trinajstić information content (AvgIpc) is 3.29. The summed E-state index contributed by atoms with van der Waals surface area (Å²) in [5.74, 6) is -0.195. The molecule has 0 saturated heterocycles. The van der Waals surface area contributed by atoms with Crippen LogP contribution in [-0.2, 0) is 6.42 Å². The van der Waals surface area contributed by atoms with Crippen molar-refractivity contribution in [3.63, 3.8) is 0 Å². The molecule has 0 aliphatic heterocycles. The number of rotatable bonds is 6. The van der Waals surface area contributed by atoms with Crippen LogP contribution in [0.4, 0.5) is 9.52 Å². The first-order chi connectivity index (χ1) is 12.8. The van der Waals surface area contributed by atoms with E-state index in [1.807, 2.05) is 12.1 Å². The van der Waals surface area contributed by atoms with Gasteiger partial charge < -0.3 is 11.1 Å². The van der Waals surface area contributed by atoms with E-state index >= 15 is 0 Å². The molecule has 0 bridgehead atoms. The van der Waals surface area contributed by atoms with Crippen LogP contribution < -0.4 is 11.1 Å². The highest BCUT2D eigenvalue weighted by atomic mass is 32.1. The lowest BCUT2D eigenvalue weighted by atomic mass is 9.97. The predicted molar refractivity (Wildman–Crippen MR) is 105 cm³/mol. The van der Waals surface area contributed by atoms with Gasteiger partial charge in [-0.05, 0) is 48.2 Å². The lowest BCUT2D eigenvalue weighted by Crippen LogP contribution is -2.08. The minimum absolute atomic E-state index is 0.195. The van der Waals surface area contributed by atoms with Crippen molar-refractivity contribution in [3.8, 4) is 10.6 Å². The van der Waals surface area contributed by atoms with Gasteiger partial charge in [0, 0.05) is 17.7 Å². The van der Waals surface area contributed by atoms with Crippen molar-refractivity contribution in [2.45, 2.75) is 12.8 Å². The van der Waals surface area contributed by atoms with Crippen molar-refractivity contribution >= 4 is 22.0 Å². The zero-order valence-corrected chi connectivity index (χ0v) is 15.0. The number of nitrogens with zero attached hydrogens (tertiary/aromatic N) is 2. The minimum atomic E-state index is -0.195. The van der Waals surface area contributed by atoms with Crippen molar-refractivity contribution < 1.29 is 4.39 Å². The Kier molecular flexibility index (Phi) is 4.77. The minimum Gasteiger partial charge on any atom is -0.360 e. The van der Waals surface area contributed by atoms with Crippen LogP contribution in [0.5, 0.6) is 0 Å². The Balaban J connectivity index is 1.63. The third-order valence-corrected chi connectivity index (χ3v) is 5.35. The summed E-state index contributed by atoms with van der Waals surface area (Å²) in [5.41, 5.74) is 10.4. The van der Waals surface area contributed by atoms with E-state index in [-0.39, 0.29) is 5.82 Å². The maximum absolute atomic E-state index is 14.2. The standard InChI is InChI=1S/C20H19FN4S/c21-18-5-2-1-4-16(18)15-9-8-13-6-7-14(12-17(13)15)19-24-25-20(26-19)23-11-3-10-22/h1-2,4-7,9,12H,3,8,10-11,22H2,(H,23,25). The Bertz CT molecular complexity index is 964. The van der Waals surface area contributed by atoms with Gasteiger partial charge in [-0.25, -0.2) is 4.39 Å². The van der Waals surface area contributed by atoms with Crippen molar-refractivity contribution in [1.82, 2.24) is 10.2 Å². The number of benzene rings is 2. The first kappa shape index (κ1) is 16.9. The van der Waals surface area contributed by atoms with Gasteiger partial charge >= 0.3 is 0 Å². The predicted octanol–water partition coefficient (Wildman–Crippen LogP) is 4.09. The van der Waals surface area contributed by atoms with Gasteiger partial charge in [0.15, 0.2) is 0 Å². The molecule has 0 atom stereocenters. The topological polar surface area (TPSA) is 63.8 Å². The summed E-state index contributed by atoms with van der Waals surface area (Å²) in [4.78, 5) is 0. The molecule has 2 aromatic carbocycles. The number of nitrogens with one attached hydrogen (secondary N) is 1. The largest absolute Gasteiger partial charge is 0.360 e. The maximum Gasteiger partial charge on any atom is 0.206 e. The molecule has 132 valence electrons. The van der Waals surface area contributed by atoms with Crippen LogP contribution >= 0.6 is 11.3 Å². The molecule has 6 heteroatoms. The summed E-state index contributed by atoms with van der Waals surface area (Å²) in [6, 6.07) is 13.1. The Labute approximate surface area is 155 Å². The average molecular weight is 366 g/mol. The lowest BCUT2D eigenvalue weighted by molar-refractivity contribution is 0.624. The first-order valence-corrected chi connectivity index (χ1v) is 9.44. The second kappa shape index (κ2) is 7.35. The van der Waals surface area contributed by atoms with Gasteiger partial charge in [-0.2, -0.15) is 0 Å². The molecule has 3 N–H and O–H groups in total. The van der Waals surface area contributed by atoms with Crippen molar-refractivity contribution in [3.05, 3.63) is 71.0 Å². The Hall–Kier alpha value is -2.57. The number of hydrogen-bond donors (Lipinski definition) is 2. The normalized spacial score (nSPS) is 12.8. The molecular weight excluding hydrogens is 347 g/mol. The molecule has 0 saturated carbocycles. The SMILES string of the molecule is NCCCNc1nnc(-c2ccc3c(c2)C(c2ccccc2F)=CC3)s1. The van der Waals surface area contributed by atoms with E-state index in [2.05, 4.69) is 39.8 Å². The summed E-state index contributed by atoms with van der Waals surface area (Å²) in [6.07, 6.45) is 3.80. The van der Waals surface area contributed by atoms with Gasteiger partial charge in [0.25, 0.3) is 0 Å². The van der Waals surface area contributed by atoms with E-state index < -0.39 is 0 Å². The monoisotopic (exact) mass is 366 g/mol. The van der Waals surface area contributed by atoms with E-state index in [1.54, 1.807) is 6.07 Å². The van der Waals surface area contributed by atoms with Crippen LogP contribution in [0.2, 0.25) is 0 Å². The van der Waals surface area contributed by atoms with Crippen molar-refractivity contribution in [1.29, 1.82) is 0 Å². The molecule has 4 nitrogen and oxygen atoms in total. The van der Waals surface area contributed by atoms with Crippen molar-refractivity contribution in [2.75, 3.05) is 18.4 Å². The fourth-order valence-electron chi connectivity index (χ4n) is 3.10. The molecule has 0 amide bonds. The summed E-state index contributed by atoms with van der Waals surface area (Å²) < 4.78 is 14.2. The number of allylic oxidation sites excluding steroid dienone is 1. The fraction of sp³-hybridized carbons (Fsp3) is 0.200. The molecule has 1 aliphatic carbocycles. The van der Waals surface area contributed by atoms with Gasteiger partial charge in [0.2, 0.25) is 5.13 Å². The lowest BCUT2D eigenvalue weighted by Gasteiger charge is -2.09. The first-order valence-electron chi connectivity index (χ1n) is 8.62. The number of nitrogens with two attached hydrogens (primary N) is 1. The van der Waals surface area contributed by atoms with Crippen LogP contribution in [0, 0.1) is 5.82 Å². The Morgan fingerprint density at radius 3 is 2.85 bits per heavy atom. The Morgan fingerprint density at radius 2 is 2.00 bits per heavy atom. The highest BCUT2D eigenvalue weighted by Gasteiger charge is 2.19. The fourth-order valence-corrected chi connectivity index (χ4v) is 3.87. The maximum atomic E-state index is 14.2. The highest BCUT2D eigenvalue weighted by molar-refractivity contribution is 7.18. The molecule has 0 fully saturated rings. The summed E-state index contributed by atoms with van der Waals surface area (Å²) in [7, 11) is 0. The molecular formula is C20H19FN4S. The van der Waals surface area contributed by atoms with Crippen LogP contribution in [0.25, 0.3) is 16.1 Å². The second-order valence-electron chi connectivity index (χ2n) is 6.16. The molecule has 3 aromatic rings. The van der Waals surface area contributed by atoms with Crippen molar-refractivity contribution in [2.24, 2.45) is 5.73 Å². The smallest absolute Gasteiger partial charge is 0.206 e. The van der Waals surface area contributed by atoms with Crippen LogP contribution in [-0.4, -0.2) is 23.3 Å². The van der Waals surface area contributed by atoms with Gasteiger partial charge in [-0.1, -0.05) is 47.7 Å². The number of hydrogen-bond acceptors (Lipinski definition) is 5. The third-order valence-electron chi connectivity index (χ3n) is 4.42. The van der Waals surface area contributed by atoms with Gasteiger partial charge in [-0.3, -0.25) is 0 Å². The molecule has 26 heavy (non-hydrogen) atoms. The van der Waals surface area contributed by atoms with Crippen LogP contribution in [0.3, 0.4) is 0 Å². The molecule has 1 heterocycles. The van der Waals surface area contributed by atoms with E-state index in [4.69, 9.17) is 5.73 Å². The zero-order chi connectivity index (χ0) is 17.9.